The monoisotopic (exact) mass is 231 g/mol. The van der Waals surface area contributed by atoms with Crippen LogP contribution in [0.3, 0.4) is 0 Å². The number of aryl methyl sites for hydroxylation is 2. The summed E-state index contributed by atoms with van der Waals surface area (Å²) in [6, 6.07) is 7.22. The van der Waals surface area contributed by atoms with Gasteiger partial charge in [0.2, 0.25) is 0 Å². The van der Waals surface area contributed by atoms with Crippen molar-refractivity contribution < 1.29 is 5.11 Å². The highest BCUT2D eigenvalue weighted by atomic mass is 16.3. The third-order valence-corrected chi connectivity index (χ3v) is 4.56. The predicted molar refractivity (Wildman–Crippen MR) is 69.0 cm³/mol. The average molecular weight is 231 g/mol. The van der Waals surface area contributed by atoms with Crippen LogP contribution < -0.4 is 5.32 Å². The quantitative estimate of drug-likeness (QED) is 0.832. The summed E-state index contributed by atoms with van der Waals surface area (Å²) in [4.78, 5) is 0. The van der Waals surface area contributed by atoms with Gasteiger partial charge in [-0.05, 0) is 55.8 Å². The van der Waals surface area contributed by atoms with Gasteiger partial charge in [0.15, 0.2) is 0 Å². The van der Waals surface area contributed by atoms with Crippen molar-refractivity contribution >= 4 is 0 Å². The lowest BCUT2D eigenvalue weighted by atomic mass is 9.89. The molecule has 17 heavy (non-hydrogen) atoms. The van der Waals surface area contributed by atoms with Crippen molar-refractivity contribution in [3.05, 3.63) is 34.9 Å². The Bertz CT molecular complexity index is 423. The Morgan fingerprint density at radius 1 is 1.29 bits per heavy atom. The van der Waals surface area contributed by atoms with Crippen LogP contribution in [0.4, 0.5) is 0 Å². The zero-order chi connectivity index (χ0) is 11.9. The molecule has 1 aromatic rings. The summed E-state index contributed by atoms with van der Waals surface area (Å²) in [6.07, 6.45) is 6.06. The minimum Gasteiger partial charge on any atom is -0.396 e. The van der Waals surface area contributed by atoms with E-state index in [1.807, 2.05) is 7.05 Å². The molecule has 1 unspecified atom stereocenters. The Labute approximate surface area is 103 Å². The topological polar surface area (TPSA) is 32.3 Å². The molecule has 1 atom stereocenters. The summed E-state index contributed by atoms with van der Waals surface area (Å²) in [6.45, 7) is 0.301. The molecule has 0 bridgehead atoms. The summed E-state index contributed by atoms with van der Waals surface area (Å²) < 4.78 is 0. The lowest BCUT2D eigenvalue weighted by Crippen LogP contribution is -2.29. The summed E-state index contributed by atoms with van der Waals surface area (Å²) in [5.74, 6) is 0. The van der Waals surface area contributed by atoms with E-state index in [2.05, 4.69) is 23.5 Å². The lowest BCUT2D eigenvalue weighted by molar-refractivity contribution is 0.175. The van der Waals surface area contributed by atoms with E-state index in [1.165, 1.54) is 36.0 Å². The van der Waals surface area contributed by atoms with E-state index in [9.17, 15) is 5.11 Å². The predicted octanol–water partition coefficient (Wildman–Crippen LogP) is 2.21. The number of benzene rings is 1. The molecule has 2 aliphatic rings. The highest BCUT2D eigenvalue weighted by Gasteiger charge is 2.48. The van der Waals surface area contributed by atoms with Gasteiger partial charge in [-0.2, -0.15) is 0 Å². The molecule has 2 N–H and O–H groups in total. The van der Waals surface area contributed by atoms with Crippen molar-refractivity contribution in [2.24, 2.45) is 5.41 Å². The molecule has 0 radical (unpaired) electrons. The standard InChI is InChI=1S/C15H21NO/c1-16-14(15(10-17)7-8-15)13-6-5-11-3-2-4-12(11)9-13/h5-6,9,14,16-17H,2-4,7-8,10H2,1H3. The third-order valence-electron chi connectivity index (χ3n) is 4.56. The van der Waals surface area contributed by atoms with E-state index < -0.39 is 0 Å². The van der Waals surface area contributed by atoms with Crippen molar-refractivity contribution in [1.29, 1.82) is 0 Å². The lowest BCUT2D eigenvalue weighted by Gasteiger charge is -2.26. The number of hydrogen-bond donors (Lipinski definition) is 2. The third kappa shape index (κ3) is 1.80. The minimum absolute atomic E-state index is 0.113. The molecular formula is C15H21NO. The van der Waals surface area contributed by atoms with E-state index in [0.29, 0.717) is 12.6 Å². The van der Waals surface area contributed by atoms with Crippen molar-refractivity contribution in [2.45, 2.75) is 38.1 Å². The van der Waals surface area contributed by atoms with Crippen molar-refractivity contribution in [3.63, 3.8) is 0 Å². The fourth-order valence-corrected chi connectivity index (χ4v) is 3.30. The zero-order valence-corrected chi connectivity index (χ0v) is 10.5. The number of rotatable bonds is 4. The summed E-state index contributed by atoms with van der Waals surface area (Å²) in [5, 5.41) is 13.0. The Balaban J connectivity index is 1.92. The first-order valence-electron chi connectivity index (χ1n) is 6.69. The molecule has 92 valence electrons. The number of aliphatic hydroxyl groups is 1. The second-order valence-corrected chi connectivity index (χ2v) is 5.62. The average Bonchev–Trinajstić information content (AvgIpc) is 3.00. The maximum atomic E-state index is 9.57. The summed E-state index contributed by atoms with van der Waals surface area (Å²) in [5.41, 5.74) is 4.52. The normalized spacial score (nSPS) is 22.2. The van der Waals surface area contributed by atoms with Crippen LogP contribution >= 0.6 is 0 Å². The van der Waals surface area contributed by atoms with Crippen LogP contribution in [0.5, 0.6) is 0 Å². The smallest absolute Gasteiger partial charge is 0.0505 e. The Hall–Kier alpha value is -0.860. The first-order chi connectivity index (χ1) is 8.29. The molecule has 0 heterocycles. The zero-order valence-electron chi connectivity index (χ0n) is 10.5. The molecule has 2 nitrogen and oxygen atoms in total. The molecule has 0 saturated heterocycles. The van der Waals surface area contributed by atoms with Crippen molar-refractivity contribution in [2.75, 3.05) is 13.7 Å². The Morgan fingerprint density at radius 2 is 2.06 bits per heavy atom. The molecule has 1 saturated carbocycles. The minimum atomic E-state index is 0.113. The van der Waals surface area contributed by atoms with E-state index in [-0.39, 0.29) is 5.41 Å². The molecule has 2 heteroatoms. The first-order valence-corrected chi connectivity index (χ1v) is 6.69. The van der Waals surface area contributed by atoms with Crippen LogP contribution in [-0.4, -0.2) is 18.8 Å². The fraction of sp³-hybridized carbons (Fsp3) is 0.600. The number of fused-ring (bicyclic) bond motifs is 1. The largest absolute Gasteiger partial charge is 0.396 e. The molecule has 1 fully saturated rings. The molecule has 0 spiro atoms. The van der Waals surface area contributed by atoms with Crippen LogP contribution in [0.2, 0.25) is 0 Å². The van der Waals surface area contributed by atoms with Crippen molar-refractivity contribution in [1.82, 2.24) is 5.32 Å². The van der Waals surface area contributed by atoms with Crippen LogP contribution in [0.25, 0.3) is 0 Å². The fourth-order valence-electron chi connectivity index (χ4n) is 3.30. The summed E-state index contributed by atoms with van der Waals surface area (Å²) >= 11 is 0. The number of hydrogen-bond acceptors (Lipinski definition) is 2. The van der Waals surface area contributed by atoms with E-state index in [1.54, 1.807) is 0 Å². The molecule has 0 aliphatic heterocycles. The van der Waals surface area contributed by atoms with Gasteiger partial charge in [-0.15, -0.1) is 0 Å². The Kier molecular flexibility index (Phi) is 2.72. The van der Waals surface area contributed by atoms with Gasteiger partial charge >= 0.3 is 0 Å². The highest BCUT2D eigenvalue weighted by molar-refractivity contribution is 5.37. The van der Waals surface area contributed by atoms with Crippen LogP contribution in [0.15, 0.2) is 18.2 Å². The Morgan fingerprint density at radius 3 is 2.71 bits per heavy atom. The van der Waals surface area contributed by atoms with Gasteiger partial charge in [0, 0.05) is 11.5 Å². The molecular weight excluding hydrogens is 210 g/mol. The van der Waals surface area contributed by atoms with Gasteiger partial charge in [-0.25, -0.2) is 0 Å². The SMILES string of the molecule is CNC(c1ccc2c(c1)CCC2)C1(CO)CC1. The second kappa shape index (κ2) is 4.11. The van der Waals surface area contributed by atoms with Crippen LogP contribution in [-0.2, 0) is 12.8 Å². The maximum Gasteiger partial charge on any atom is 0.0505 e. The maximum absolute atomic E-state index is 9.57. The highest BCUT2D eigenvalue weighted by Crippen LogP contribution is 2.54. The van der Waals surface area contributed by atoms with Crippen LogP contribution in [0.1, 0.15) is 42.0 Å². The molecule has 1 aromatic carbocycles. The van der Waals surface area contributed by atoms with Gasteiger partial charge in [0.25, 0.3) is 0 Å². The molecule has 2 aliphatic carbocycles. The van der Waals surface area contributed by atoms with E-state index in [4.69, 9.17) is 0 Å². The van der Waals surface area contributed by atoms with Crippen molar-refractivity contribution in [3.8, 4) is 0 Å². The van der Waals surface area contributed by atoms with E-state index >= 15 is 0 Å². The van der Waals surface area contributed by atoms with Crippen LogP contribution in [0, 0.1) is 5.41 Å². The number of aliphatic hydroxyl groups excluding tert-OH is 1. The van der Waals surface area contributed by atoms with Gasteiger partial charge in [-0.3, -0.25) is 0 Å². The second-order valence-electron chi connectivity index (χ2n) is 5.62. The van der Waals surface area contributed by atoms with E-state index in [0.717, 1.165) is 12.8 Å². The number of nitrogens with one attached hydrogen (secondary N) is 1. The molecule has 0 amide bonds. The summed E-state index contributed by atoms with van der Waals surface area (Å²) in [7, 11) is 2.01. The van der Waals surface area contributed by atoms with Gasteiger partial charge in [-0.1, -0.05) is 18.2 Å². The molecule has 3 rings (SSSR count). The van der Waals surface area contributed by atoms with Gasteiger partial charge in [0.1, 0.15) is 0 Å². The van der Waals surface area contributed by atoms with Gasteiger partial charge < -0.3 is 10.4 Å². The molecule has 0 aromatic heterocycles. The van der Waals surface area contributed by atoms with Gasteiger partial charge in [0.05, 0.1) is 6.61 Å². The first kappa shape index (κ1) is 11.2.